The molecule has 1 aromatic carbocycles. The van der Waals surface area contributed by atoms with Crippen LogP contribution in [0.25, 0.3) is 11.4 Å². The molecule has 114 valence electrons. The average Bonchev–Trinajstić information content (AvgIpc) is 3.11. The number of methoxy groups -OCH3 is 1. The highest BCUT2D eigenvalue weighted by Gasteiger charge is 2.15. The summed E-state index contributed by atoms with van der Waals surface area (Å²) >= 11 is 3.30. The van der Waals surface area contributed by atoms with E-state index in [0.29, 0.717) is 0 Å². The second-order valence-corrected chi connectivity index (χ2v) is 6.72. The molecule has 0 aliphatic heterocycles. The predicted molar refractivity (Wildman–Crippen MR) is 89.4 cm³/mol. The molecule has 3 aromatic rings. The normalized spacial score (nSPS) is 10.9. The van der Waals surface area contributed by atoms with Crippen molar-refractivity contribution >= 4 is 23.1 Å². The fraction of sp³-hybridized carbons (Fsp3) is 0.267. The van der Waals surface area contributed by atoms with Crippen molar-refractivity contribution in [2.75, 3.05) is 7.11 Å². The molecule has 0 bridgehead atoms. The van der Waals surface area contributed by atoms with Crippen molar-refractivity contribution in [1.82, 2.24) is 19.7 Å². The van der Waals surface area contributed by atoms with Gasteiger partial charge in [-0.25, -0.2) is 4.98 Å². The Morgan fingerprint density at radius 2 is 2.09 bits per heavy atom. The van der Waals surface area contributed by atoms with E-state index in [4.69, 9.17) is 4.74 Å². The fourth-order valence-electron chi connectivity index (χ4n) is 2.12. The summed E-state index contributed by atoms with van der Waals surface area (Å²) in [6.07, 6.45) is 0. The zero-order valence-corrected chi connectivity index (χ0v) is 14.2. The Morgan fingerprint density at radius 1 is 1.27 bits per heavy atom. The second-order valence-electron chi connectivity index (χ2n) is 4.71. The maximum absolute atomic E-state index is 5.40. The molecule has 5 nitrogen and oxygen atoms in total. The van der Waals surface area contributed by atoms with Gasteiger partial charge in [-0.2, -0.15) is 0 Å². The monoisotopic (exact) mass is 332 g/mol. The maximum Gasteiger partial charge on any atom is 0.191 e. The lowest BCUT2D eigenvalue weighted by molar-refractivity contribution is 0.416. The summed E-state index contributed by atoms with van der Waals surface area (Å²) in [5, 5.41) is 12.6. The van der Waals surface area contributed by atoms with Crippen LogP contribution in [-0.4, -0.2) is 26.9 Å². The molecule has 2 heterocycles. The Balaban J connectivity index is 1.82. The van der Waals surface area contributed by atoms with E-state index in [-0.39, 0.29) is 0 Å². The van der Waals surface area contributed by atoms with Gasteiger partial charge in [0, 0.05) is 18.2 Å². The van der Waals surface area contributed by atoms with Crippen LogP contribution in [0.1, 0.15) is 10.7 Å². The largest absolute Gasteiger partial charge is 0.496 e. The van der Waals surface area contributed by atoms with E-state index in [0.717, 1.165) is 38.7 Å². The first kappa shape index (κ1) is 15.1. The number of benzene rings is 1. The number of rotatable bonds is 5. The molecule has 0 N–H and O–H groups in total. The molecule has 0 aliphatic carbocycles. The highest BCUT2D eigenvalue weighted by molar-refractivity contribution is 7.98. The number of aromatic nitrogens is 4. The lowest BCUT2D eigenvalue weighted by Crippen LogP contribution is -1.97. The number of hydrogen-bond donors (Lipinski definition) is 0. The van der Waals surface area contributed by atoms with Crippen LogP contribution in [0.4, 0.5) is 0 Å². The SMILES string of the molecule is COc1ccccc1-c1nnc(SCc2csc(C)n2)n1C. The topological polar surface area (TPSA) is 52.8 Å². The Morgan fingerprint density at radius 3 is 2.82 bits per heavy atom. The summed E-state index contributed by atoms with van der Waals surface area (Å²) in [5.74, 6) is 2.39. The van der Waals surface area contributed by atoms with Crippen LogP contribution in [0.5, 0.6) is 5.75 Å². The van der Waals surface area contributed by atoms with Crippen LogP contribution in [-0.2, 0) is 12.8 Å². The number of nitrogens with zero attached hydrogens (tertiary/aromatic N) is 4. The van der Waals surface area contributed by atoms with E-state index < -0.39 is 0 Å². The lowest BCUT2D eigenvalue weighted by atomic mass is 10.2. The van der Waals surface area contributed by atoms with Crippen LogP contribution in [0, 0.1) is 6.92 Å². The van der Waals surface area contributed by atoms with Crippen molar-refractivity contribution in [1.29, 1.82) is 0 Å². The van der Waals surface area contributed by atoms with Crippen molar-refractivity contribution in [3.05, 3.63) is 40.3 Å². The molecule has 22 heavy (non-hydrogen) atoms. The Kier molecular flexibility index (Phi) is 4.44. The van der Waals surface area contributed by atoms with Gasteiger partial charge in [0.1, 0.15) is 5.75 Å². The highest BCUT2D eigenvalue weighted by Crippen LogP contribution is 2.30. The minimum Gasteiger partial charge on any atom is -0.496 e. The molecule has 0 radical (unpaired) electrons. The highest BCUT2D eigenvalue weighted by atomic mass is 32.2. The quantitative estimate of drug-likeness (QED) is 0.669. The van der Waals surface area contributed by atoms with Gasteiger partial charge in [0.05, 0.1) is 23.4 Å². The molecular weight excluding hydrogens is 316 g/mol. The molecule has 0 aliphatic rings. The third kappa shape index (κ3) is 3.00. The number of thioether (sulfide) groups is 1. The first-order valence-electron chi connectivity index (χ1n) is 6.75. The average molecular weight is 332 g/mol. The minimum absolute atomic E-state index is 0.794. The van der Waals surface area contributed by atoms with Crippen LogP contribution in [0.3, 0.4) is 0 Å². The van der Waals surface area contributed by atoms with E-state index in [1.54, 1.807) is 30.2 Å². The van der Waals surface area contributed by atoms with E-state index >= 15 is 0 Å². The third-order valence-electron chi connectivity index (χ3n) is 3.20. The van der Waals surface area contributed by atoms with E-state index in [2.05, 4.69) is 20.6 Å². The lowest BCUT2D eigenvalue weighted by Gasteiger charge is -2.07. The Bertz CT molecular complexity index is 781. The van der Waals surface area contributed by atoms with Gasteiger partial charge in [-0.1, -0.05) is 23.9 Å². The molecule has 0 saturated carbocycles. The number of hydrogen-bond acceptors (Lipinski definition) is 6. The van der Waals surface area contributed by atoms with E-state index in [1.807, 2.05) is 42.8 Å². The van der Waals surface area contributed by atoms with Crippen molar-refractivity contribution in [3.63, 3.8) is 0 Å². The molecule has 0 fully saturated rings. The molecule has 0 amide bonds. The molecule has 0 spiro atoms. The summed E-state index contributed by atoms with van der Waals surface area (Å²) in [6.45, 7) is 2.01. The molecule has 0 unspecified atom stereocenters. The summed E-state index contributed by atoms with van der Waals surface area (Å²) in [5.41, 5.74) is 2.02. The van der Waals surface area contributed by atoms with Crippen molar-refractivity contribution < 1.29 is 4.74 Å². The van der Waals surface area contributed by atoms with Crippen LogP contribution in [0.15, 0.2) is 34.8 Å². The summed E-state index contributed by atoms with van der Waals surface area (Å²) < 4.78 is 7.39. The first-order valence-corrected chi connectivity index (χ1v) is 8.62. The van der Waals surface area contributed by atoms with Crippen molar-refractivity contribution in [2.45, 2.75) is 17.8 Å². The summed E-state index contributed by atoms with van der Waals surface area (Å²) in [6, 6.07) is 7.83. The van der Waals surface area contributed by atoms with Gasteiger partial charge < -0.3 is 9.30 Å². The van der Waals surface area contributed by atoms with Crippen LogP contribution in [0.2, 0.25) is 0 Å². The van der Waals surface area contributed by atoms with Gasteiger partial charge >= 0.3 is 0 Å². The van der Waals surface area contributed by atoms with Gasteiger partial charge in [0.15, 0.2) is 11.0 Å². The third-order valence-corrected chi connectivity index (χ3v) is 5.07. The Hall–Kier alpha value is -1.86. The smallest absolute Gasteiger partial charge is 0.191 e. The summed E-state index contributed by atoms with van der Waals surface area (Å²) in [7, 11) is 3.63. The number of thiazole rings is 1. The molecular formula is C15H16N4OS2. The zero-order valence-electron chi connectivity index (χ0n) is 12.6. The van der Waals surface area contributed by atoms with Crippen LogP contribution < -0.4 is 4.74 Å². The van der Waals surface area contributed by atoms with E-state index in [9.17, 15) is 0 Å². The summed E-state index contributed by atoms with van der Waals surface area (Å²) in [4.78, 5) is 4.47. The number of para-hydroxylation sites is 1. The van der Waals surface area contributed by atoms with Crippen molar-refractivity contribution in [3.8, 4) is 17.1 Å². The standard InChI is InChI=1S/C15H16N4OS2/c1-10-16-11(8-21-10)9-22-15-18-17-14(19(15)2)12-6-4-5-7-13(12)20-3/h4-8H,9H2,1-3H3. The van der Waals surface area contributed by atoms with Gasteiger partial charge in [0.2, 0.25) is 0 Å². The van der Waals surface area contributed by atoms with Crippen LogP contribution >= 0.6 is 23.1 Å². The molecule has 3 rings (SSSR count). The number of aryl methyl sites for hydroxylation is 1. The van der Waals surface area contributed by atoms with Gasteiger partial charge in [0.25, 0.3) is 0 Å². The molecule has 2 aromatic heterocycles. The number of ether oxygens (including phenoxy) is 1. The fourth-order valence-corrected chi connectivity index (χ4v) is 3.64. The predicted octanol–water partition coefficient (Wildman–Crippen LogP) is 3.55. The second kappa shape index (κ2) is 6.50. The van der Waals surface area contributed by atoms with Gasteiger partial charge in [-0.3, -0.25) is 0 Å². The first-order chi connectivity index (χ1) is 10.7. The Labute approximate surface area is 137 Å². The molecule has 7 heteroatoms. The van der Waals surface area contributed by atoms with Crippen molar-refractivity contribution in [2.24, 2.45) is 7.05 Å². The van der Waals surface area contributed by atoms with Gasteiger partial charge in [-0.15, -0.1) is 21.5 Å². The molecule has 0 atom stereocenters. The minimum atomic E-state index is 0.794. The van der Waals surface area contributed by atoms with Gasteiger partial charge in [-0.05, 0) is 19.1 Å². The zero-order chi connectivity index (χ0) is 15.5. The maximum atomic E-state index is 5.40. The van der Waals surface area contributed by atoms with E-state index in [1.165, 1.54) is 0 Å². The molecule has 0 saturated heterocycles.